The van der Waals surface area contributed by atoms with Crippen molar-refractivity contribution in [1.29, 1.82) is 0 Å². The first kappa shape index (κ1) is 17.2. The predicted molar refractivity (Wildman–Crippen MR) is 80.5 cm³/mol. The van der Waals surface area contributed by atoms with E-state index in [1.54, 1.807) is 13.8 Å². The Morgan fingerprint density at radius 3 is 2.75 bits per heavy atom. The molecule has 2 fully saturated rings. The Kier molecular flexibility index (Phi) is 5.44. The molecule has 0 aromatic carbocycles. The van der Waals surface area contributed by atoms with Crippen LogP contribution in [0.5, 0.6) is 0 Å². The molecule has 5 nitrogen and oxygen atoms in total. The number of primary amides is 1. The lowest BCUT2D eigenvalue weighted by Crippen LogP contribution is -2.51. The molecule has 2 amide bonds. The quantitative estimate of drug-likeness (QED) is 0.719. The maximum atomic E-state index is 12.6. The standard InChI is InChI=1S/C14H25N3O2.ClH/c1-13(2,11(15)18)8-17-12(19)14-6-4-3-5-10(14)7-16-9-14;/h10,16H,3-9H2,1-2H3,(H2,15,18)(H,17,19);1H/t10-,14+;/m0./s1. The van der Waals surface area contributed by atoms with E-state index in [9.17, 15) is 9.59 Å². The Morgan fingerprint density at radius 2 is 2.10 bits per heavy atom. The lowest BCUT2D eigenvalue weighted by atomic mass is 9.67. The summed E-state index contributed by atoms with van der Waals surface area (Å²) < 4.78 is 0. The highest BCUT2D eigenvalue weighted by Gasteiger charge is 2.49. The van der Waals surface area contributed by atoms with Gasteiger partial charge in [-0.15, -0.1) is 12.4 Å². The summed E-state index contributed by atoms with van der Waals surface area (Å²) in [6.45, 7) is 5.54. The summed E-state index contributed by atoms with van der Waals surface area (Å²) in [4.78, 5) is 23.9. The van der Waals surface area contributed by atoms with Crippen LogP contribution >= 0.6 is 12.4 Å². The van der Waals surface area contributed by atoms with Gasteiger partial charge in [0.25, 0.3) is 0 Å². The van der Waals surface area contributed by atoms with Gasteiger partial charge < -0.3 is 16.4 Å². The van der Waals surface area contributed by atoms with E-state index in [2.05, 4.69) is 10.6 Å². The maximum Gasteiger partial charge on any atom is 0.227 e. The fourth-order valence-electron chi connectivity index (χ4n) is 3.25. The second kappa shape index (κ2) is 6.31. The lowest BCUT2D eigenvalue weighted by molar-refractivity contribution is -0.135. The van der Waals surface area contributed by atoms with Crippen molar-refractivity contribution in [2.75, 3.05) is 19.6 Å². The van der Waals surface area contributed by atoms with Crippen LogP contribution in [0.15, 0.2) is 0 Å². The number of amides is 2. The first-order valence-corrected chi connectivity index (χ1v) is 7.17. The molecular formula is C14H26ClN3O2. The molecule has 0 spiro atoms. The molecule has 116 valence electrons. The van der Waals surface area contributed by atoms with Crippen molar-refractivity contribution in [3.05, 3.63) is 0 Å². The first-order chi connectivity index (χ1) is 8.88. The van der Waals surface area contributed by atoms with Crippen molar-refractivity contribution in [1.82, 2.24) is 10.6 Å². The highest BCUT2D eigenvalue weighted by molar-refractivity contribution is 5.86. The predicted octanol–water partition coefficient (Wildman–Crippen LogP) is 0.816. The average molecular weight is 304 g/mol. The molecule has 2 atom stereocenters. The van der Waals surface area contributed by atoms with E-state index in [4.69, 9.17) is 5.73 Å². The Bertz CT molecular complexity index is 387. The molecule has 1 saturated heterocycles. The van der Waals surface area contributed by atoms with Crippen molar-refractivity contribution in [2.45, 2.75) is 39.5 Å². The summed E-state index contributed by atoms with van der Waals surface area (Å²) in [5, 5.41) is 6.31. The summed E-state index contributed by atoms with van der Waals surface area (Å²) in [5.74, 6) is 0.157. The van der Waals surface area contributed by atoms with Crippen molar-refractivity contribution in [2.24, 2.45) is 22.5 Å². The summed E-state index contributed by atoms with van der Waals surface area (Å²) >= 11 is 0. The number of hydrogen-bond acceptors (Lipinski definition) is 3. The fraction of sp³-hybridized carbons (Fsp3) is 0.857. The smallest absolute Gasteiger partial charge is 0.227 e. The largest absolute Gasteiger partial charge is 0.369 e. The van der Waals surface area contributed by atoms with Crippen molar-refractivity contribution in [3.8, 4) is 0 Å². The summed E-state index contributed by atoms with van der Waals surface area (Å²) in [7, 11) is 0. The minimum atomic E-state index is -0.692. The SMILES string of the molecule is CC(C)(CNC(=O)[C@@]12CCCC[C@H]1CNC2)C(N)=O.Cl. The van der Waals surface area contributed by atoms with Gasteiger partial charge in [-0.05, 0) is 39.2 Å². The second-order valence-electron chi connectivity index (χ2n) is 6.66. The number of nitrogens with two attached hydrogens (primary N) is 1. The van der Waals surface area contributed by atoms with Crippen LogP contribution in [0.3, 0.4) is 0 Å². The number of fused-ring (bicyclic) bond motifs is 1. The summed E-state index contributed by atoms with van der Waals surface area (Å²) in [5.41, 5.74) is 4.39. The van der Waals surface area contributed by atoms with Crippen molar-refractivity contribution < 1.29 is 9.59 Å². The fourth-order valence-corrected chi connectivity index (χ4v) is 3.25. The minimum Gasteiger partial charge on any atom is -0.369 e. The van der Waals surface area contributed by atoms with E-state index in [1.165, 1.54) is 6.42 Å². The van der Waals surface area contributed by atoms with Gasteiger partial charge in [0.05, 0.1) is 10.8 Å². The monoisotopic (exact) mass is 303 g/mol. The van der Waals surface area contributed by atoms with Gasteiger partial charge in [0.1, 0.15) is 0 Å². The van der Waals surface area contributed by atoms with Gasteiger partial charge >= 0.3 is 0 Å². The zero-order valence-corrected chi connectivity index (χ0v) is 13.1. The second-order valence-corrected chi connectivity index (χ2v) is 6.66. The molecule has 6 heteroatoms. The third-order valence-electron chi connectivity index (χ3n) is 4.85. The summed E-state index contributed by atoms with van der Waals surface area (Å²) in [6.07, 6.45) is 4.41. The zero-order valence-electron chi connectivity index (χ0n) is 12.3. The Labute approximate surface area is 126 Å². The number of hydrogen-bond donors (Lipinski definition) is 3. The molecule has 0 radical (unpaired) electrons. The molecule has 2 aliphatic rings. The van der Waals surface area contributed by atoms with Gasteiger partial charge in [0, 0.05) is 13.1 Å². The van der Waals surface area contributed by atoms with E-state index >= 15 is 0 Å². The molecule has 1 saturated carbocycles. The molecule has 1 aliphatic carbocycles. The van der Waals surface area contributed by atoms with E-state index in [-0.39, 0.29) is 29.6 Å². The van der Waals surface area contributed by atoms with Gasteiger partial charge in [-0.2, -0.15) is 0 Å². The molecule has 0 aromatic rings. The van der Waals surface area contributed by atoms with E-state index in [1.807, 2.05) is 0 Å². The Morgan fingerprint density at radius 1 is 1.40 bits per heavy atom. The molecule has 0 bridgehead atoms. The van der Waals surface area contributed by atoms with Crippen molar-refractivity contribution >= 4 is 24.2 Å². The number of rotatable bonds is 4. The van der Waals surface area contributed by atoms with E-state index in [0.29, 0.717) is 12.5 Å². The molecule has 20 heavy (non-hydrogen) atoms. The third kappa shape index (κ3) is 3.09. The van der Waals surface area contributed by atoms with Crippen LogP contribution in [0.1, 0.15) is 39.5 Å². The van der Waals surface area contributed by atoms with Crippen molar-refractivity contribution in [3.63, 3.8) is 0 Å². The van der Waals surface area contributed by atoms with Gasteiger partial charge in [-0.25, -0.2) is 0 Å². The topological polar surface area (TPSA) is 84.2 Å². The van der Waals surface area contributed by atoms with Crippen LogP contribution in [-0.2, 0) is 9.59 Å². The zero-order chi connectivity index (χ0) is 14.1. The molecule has 0 unspecified atom stereocenters. The molecule has 1 aliphatic heterocycles. The number of carbonyl (C=O) groups is 2. The van der Waals surface area contributed by atoms with Gasteiger partial charge in [0.15, 0.2) is 0 Å². The van der Waals surface area contributed by atoms with Gasteiger partial charge in [0.2, 0.25) is 11.8 Å². The average Bonchev–Trinajstić information content (AvgIpc) is 2.80. The maximum absolute atomic E-state index is 12.6. The molecule has 1 heterocycles. The van der Waals surface area contributed by atoms with Crippen LogP contribution in [0.4, 0.5) is 0 Å². The minimum absolute atomic E-state index is 0. The normalized spacial score (nSPS) is 29.2. The molecule has 2 rings (SSSR count). The first-order valence-electron chi connectivity index (χ1n) is 7.17. The third-order valence-corrected chi connectivity index (χ3v) is 4.85. The molecule has 4 N–H and O–H groups in total. The molecule has 0 aromatic heterocycles. The highest BCUT2D eigenvalue weighted by Crippen LogP contribution is 2.43. The van der Waals surface area contributed by atoms with Crippen LogP contribution < -0.4 is 16.4 Å². The number of halogens is 1. The highest BCUT2D eigenvalue weighted by atomic mass is 35.5. The Balaban J connectivity index is 0.00000200. The van der Waals surface area contributed by atoms with E-state index in [0.717, 1.165) is 32.4 Å². The van der Waals surface area contributed by atoms with Gasteiger partial charge in [-0.1, -0.05) is 12.8 Å². The summed E-state index contributed by atoms with van der Waals surface area (Å²) in [6, 6.07) is 0. The van der Waals surface area contributed by atoms with Crippen LogP contribution in [0.2, 0.25) is 0 Å². The lowest BCUT2D eigenvalue weighted by Gasteiger charge is -2.37. The molecular weight excluding hydrogens is 278 g/mol. The van der Waals surface area contributed by atoms with Crippen LogP contribution in [0, 0.1) is 16.7 Å². The Hall–Kier alpha value is -0.810. The number of nitrogens with one attached hydrogen (secondary N) is 2. The van der Waals surface area contributed by atoms with Crippen LogP contribution in [-0.4, -0.2) is 31.4 Å². The van der Waals surface area contributed by atoms with Crippen LogP contribution in [0.25, 0.3) is 0 Å². The number of carbonyl (C=O) groups excluding carboxylic acids is 2. The van der Waals surface area contributed by atoms with E-state index < -0.39 is 5.41 Å². The van der Waals surface area contributed by atoms with Gasteiger partial charge in [-0.3, -0.25) is 9.59 Å².